The summed E-state index contributed by atoms with van der Waals surface area (Å²) in [6.07, 6.45) is 6.47. The van der Waals surface area contributed by atoms with Crippen molar-refractivity contribution in [1.82, 2.24) is 10.2 Å². The molecule has 3 atom stereocenters. The summed E-state index contributed by atoms with van der Waals surface area (Å²) in [5.41, 5.74) is 0.209. The molecule has 0 radical (unpaired) electrons. The number of ether oxygens (including phenoxy) is 1. The first-order valence-corrected chi connectivity index (χ1v) is 7.76. The molecular formula is C15H24N2O3. The van der Waals surface area contributed by atoms with Gasteiger partial charge in [0.25, 0.3) is 0 Å². The van der Waals surface area contributed by atoms with Crippen LogP contribution in [0.5, 0.6) is 0 Å². The van der Waals surface area contributed by atoms with Crippen LogP contribution in [0, 0.1) is 5.41 Å². The summed E-state index contributed by atoms with van der Waals surface area (Å²) >= 11 is 0. The van der Waals surface area contributed by atoms with Crippen LogP contribution in [-0.4, -0.2) is 48.6 Å². The molecule has 0 aromatic carbocycles. The van der Waals surface area contributed by atoms with E-state index in [2.05, 4.69) is 5.32 Å². The Bertz CT molecular complexity index is 417. The van der Waals surface area contributed by atoms with Crippen LogP contribution in [0.1, 0.15) is 45.4 Å². The number of carbonyl (C=O) groups excluding carboxylic acids is 2. The summed E-state index contributed by atoms with van der Waals surface area (Å²) in [7, 11) is 1.57. The number of likely N-dealkylation sites (N-methyl/N-ethyl adjacent to an activating group) is 1. The summed E-state index contributed by atoms with van der Waals surface area (Å²) in [6.45, 7) is 2.79. The summed E-state index contributed by atoms with van der Waals surface area (Å²) in [6, 6.07) is 0.00681. The zero-order valence-corrected chi connectivity index (χ0v) is 12.4. The zero-order valence-electron chi connectivity index (χ0n) is 12.4. The molecule has 1 N–H and O–H groups in total. The molecule has 1 saturated heterocycles. The van der Waals surface area contributed by atoms with Crippen LogP contribution in [0.15, 0.2) is 0 Å². The Labute approximate surface area is 120 Å². The van der Waals surface area contributed by atoms with Crippen molar-refractivity contribution in [3.05, 3.63) is 0 Å². The monoisotopic (exact) mass is 280 g/mol. The van der Waals surface area contributed by atoms with E-state index in [0.29, 0.717) is 18.6 Å². The van der Waals surface area contributed by atoms with Gasteiger partial charge in [-0.15, -0.1) is 0 Å². The van der Waals surface area contributed by atoms with E-state index in [9.17, 15) is 9.59 Å². The third kappa shape index (κ3) is 1.99. The highest BCUT2D eigenvalue weighted by Gasteiger charge is 2.57. The van der Waals surface area contributed by atoms with Gasteiger partial charge in [0, 0.05) is 25.1 Å². The molecule has 3 fully saturated rings. The number of carbonyl (C=O) groups is 2. The van der Waals surface area contributed by atoms with Gasteiger partial charge in [0.05, 0.1) is 18.6 Å². The molecule has 0 bridgehead atoms. The smallest absolute Gasteiger partial charge is 0.246 e. The Hall–Kier alpha value is -0.940. The minimum atomic E-state index is -0.322. The molecule has 3 rings (SSSR count). The lowest BCUT2D eigenvalue weighted by Gasteiger charge is -2.54. The largest absolute Gasteiger partial charge is 0.378 e. The fourth-order valence-electron chi connectivity index (χ4n) is 4.25. The van der Waals surface area contributed by atoms with Gasteiger partial charge in [-0.2, -0.15) is 0 Å². The molecule has 3 aliphatic rings. The highest BCUT2D eigenvalue weighted by molar-refractivity contribution is 6.05. The van der Waals surface area contributed by atoms with E-state index in [4.69, 9.17) is 4.74 Å². The third-order valence-electron chi connectivity index (χ3n) is 5.47. The average molecular weight is 280 g/mol. The lowest BCUT2D eigenvalue weighted by molar-refractivity contribution is -0.141. The Kier molecular flexibility index (Phi) is 3.58. The summed E-state index contributed by atoms with van der Waals surface area (Å²) in [4.78, 5) is 24.9. The van der Waals surface area contributed by atoms with E-state index >= 15 is 0 Å². The lowest BCUT2D eigenvalue weighted by atomic mass is 9.60. The minimum Gasteiger partial charge on any atom is -0.378 e. The number of hydrogen-bond acceptors (Lipinski definition) is 4. The summed E-state index contributed by atoms with van der Waals surface area (Å²) in [5, 5.41) is 3.46. The predicted octanol–water partition coefficient (Wildman–Crippen LogP) is 1.07. The Morgan fingerprint density at radius 2 is 2.05 bits per heavy atom. The van der Waals surface area contributed by atoms with E-state index in [1.807, 2.05) is 6.92 Å². The van der Waals surface area contributed by atoms with Crippen LogP contribution in [0.2, 0.25) is 0 Å². The van der Waals surface area contributed by atoms with Gasteiger partial charge in [-0.1, -0.05) is 12.8 Å². The molecule has 2 aliphatic carbocycles. The van der Waals surface area contributed by atoms with Crippen molar-refractivity contribution < 1.29 is 14.3 Å². The number of nitrogens with one attached hydrogen (secondary N) is 1. The van der Waals surface area contributed by atoms with Gasteiger partial charge < -0.3 is 10.1 Å². The van der Waals surface area contributed by atoms with Crippen LogP contribution >= 0.6 is 0 Å². The number of imide groups is 1. The second-order valence-corrected chi connectivity index (χ2v) is 6.39. The molecule has 1 heterocycles. The maximum atomic E-state index is 12.0. The SMILES string of the molecule is CCOC1CC(NC2CC(=O)N(C)C2=O)C12CCCC2. The molecule has 0 aromatic rings. The first-order chi connectivity index (χ1) is 9.58. The van der Waals surface area contributed by atoms with Crippen molar-refractivity contribution in [3.63, 3.8) is 0 Å². The molecule has 3 unspecified atom stereocenters. The quantitative estimate of drug-likeness (QED) is 0.783. The Balaban J connectivity index is 1.66. The Morgan fingerprint density at radius 3 is 2.60 bits per heavy atom. The van der Waals surface area contributed by atoms with E-state index in [1.165, 1.54) is 30.6 Å². The van der Waals surface area contributed by atoms with Crippen molar-refractivity contribution in [3.8, 4) is 0 Å². The molecule has 2 saturated carbocycles. The first-order valence-electron chi connectivity index (χ1n) is 7.76. The van der Waals surface area contributed by atoms with E-state index in [-0.39, 0.29) is 23.3 Å². The maximum Gasteiger partial charge on any atom is 0.246 e. The van der Waals surface area contributed by atoms with Gasteiger partial charge in [0.1, 0.15) is 0 Å². The van der Waals surface area contributed by atoms with Crippen molar-refractivity contribution in [2.75, 3.05) is 13.7 Å². The second-order valence-electron chi connectivity index (χ2n) is 6.39. The number of hydrogen-bond donors (Lipinski definition) is 1. The fourth-order valence-corrected chi connectivity index (χ4v) is 4.25. The number of nitrogens with zero attached hydrogens (tertiary/aromatic N) is 1. The zero-order chi connectivity index (χ0) is 14.3. The topological polar surface area (TPSA) is 58.6 Å². The lowest BCUT2D eigenvalue weighted by Crippen LogP contribution is -2.65. The van der Waals surface area contributed by atoms with Gasteiger partial charge in [-0.05, 0) is 26.2 Å². The number of likely N-dealkylation sites (tertiary alicyclic amines) is 1. The van der Waals surface area contributed by atoms with Gasteiger partial charge in [0.2, 0.25) is 11.8 Å². The maximum absolute atomic E-state index is 12.0. The van der Waals surface area contributed by atoms with Crippen molar-refractivity contribution in [2.45, 2.75) is 63.6 Å². The minimum absolute atomic E-state index is 0.0753. The molecule has 0 aromatic heterocycles. The molecule has 5 heteroatoms. The molecule has 2 amide bonds. The fraction of sp³-hybridized carbons (Fsp3) is 0.867. The molecule has 1 spiro atoms. The highest BCUT2D eigenvalue weighted by Crippen LogP contribution is 2.55. The normalized spacial score (nSPS) is 35.9. The van der Waals surface area contributed by atoms with Crippen LogP contribution in [0.4, 0.5) is 0 Å². The van der Waals surface area contributed by atoms with Crippen molar-refractivity contribution in [2.24, 2.45) is 5.41 Å². The molecule has 5 nitrogen and oxygen atoms in total. The van der Waals surface area contributed by atoms with Gasteiger partial charge in [-0.3, -0.25) is 14.5 Å². The molecular weight excluding hydrogens is 256 g/mol. The van der Waals surface area contributed by atoms with Crippen LogP contribution in [-0.2, 0) is 14.3 Å². The van der Waals surface area contributed by atoms with E-state index < -0.39 is 0 Å². The van der Waals surface area contributed by atoms with Crippen LogP contribution in [0.3, 0.4) is 0 Å². The van der Waals surface area contributed by atoms with Crippen LogP contribution < -0.4 is 5.32 Å². The first kappa shape index (κ1) is 14.0. The molecule has 1 aliphatic heterocycles. The number of rotatable bonds is 4. The van der Waals surface area contributed by atoms with Gasteiger partial charge in [-0.25, -0.2) is 0 Å². The van der Waals surface area contributed by atoms with Gasteiger partial charge in [0.15, 0.2) is 0 Å². The van der Waals surface area contributed by atoms with Crippen molar-refractivity contribution in [1.29, 1.82) is 0 Å². The Morgan fingerprint density at radius 1 is 1.35 bits per heavy atom. The standard InChI is InChI=1S/C15H24N2O3/c1-3-20-12-9-11(15(12)6-4-5-7-15)16-10-8-13(18)17(2)14(10)19/h10-12,16H,3-9H2,1-2H3. The average Bonchev–Trinajstić information content (AvgIpc) is 3.02. The van der Waals surface area contributed by atoms with E-state index in [0.717, 1.165) is 13.0 Å². The summed E-state index contributed by atoms with van der Waals surface area (Å²) < 4.78 is 5.88. The summed E-state index contributed by atoms with van der Waals surface area (Å²) in [5.74, 6) is -0.156. The van der Waals surface area contributed by atoms with Crippen molar-refractivity contribution >= 4 is 11.8 Å². The van der Waals surface area contributed by atoms with E-state index in [1.54, 1.807) is 7.05 Å². The predicted molar refractivity (Wildman–Crippen MR) is 74.0 cm³/mol. The molecule has 112 valence electrons. The molecule has 20 heavy (non-hydrogen) atoms. The van der Waals surface area contributed by atoms with Gasteiger partial charge >= 0.3 is 0 Å². The highest BCUT2D eigenvalue weighted by atomic mass is 16.5. The second kappa shape index (κ2) is 5.11. The number of amides is 2. The van der Waals surface area contributed by atoms with Crippen LogP contribution in [0.25, 0.3) is 0 Å². The third-order valence-corrected chi connectivity index (χ3v) is 5.47.